The number of nitrogens with one attached hydrogen (secondary N) is 1. The van der Waals surface area contributed by atoms with Gasteiger partial charge in [-0.05, 0) is 64.3 Å². The van der Waals surface area contributed by atoms with Crippen LogP contribution in [0.4, 0.5) is 19.5 Å². The minimum atomic E-state index is -2.99. The number of alkyl halides is 2. The van der Waals surface area contributed by atoms with Gasteiger partial charge in [-0.2, -0.15) is 8.78 Å². The van der Waals surface area contributed by atoms with Gasteiger partial charge in [-0.25, -0.2) is 19.6 Å². The van der Waals surface area contributed by atoms with E-state index in [-0.39, 0.29) is 35.7 Å². The normalized spacial score (nSPS) is 15.4. The number of nitrogens with zero attached hydrogens (tertiary/aromatic N) is 6. The molecule has 0 bridgehead atoms. The lowest BCUT2D eigenvalue weighted by Crippen LogP contribution is -2.55. The lowest BCUT2D eigenvalue weighted by molar-refractivity contribution is -0.155. The van der Waals surface area contributed by atoms with E-state index in [1.54, 1.807) is 87.9 Å². The van der Waals surface area contributed by atoms with Crippen molar-refractivity contribution in [2.75, 3.05) is 31.1 Å². The van der Waals surface area contributed by atoms with Gasteiger partial charge >= 0.3 is 18.7 Å². The molecule has 1 aliphatic heterocycles. The molecule has 5 rings (SSSR count). The fourth-order valence-electron chi connectivity index (χ4n) is 6.33. The van der Waals surface area contributed by atoms with Crippen LogP contribution in [0.3, 0.4) is 0 Å². The molecule has 2 amide bonds. The van der Waals surface area contributed by atoms with Crippen molar-refractivity contribution in [2.45, 2.75) is 79.3 Å². The molecule has 2 unspecified atom stereocenters. The van der Waals surface area contributed by atoms with Crippen molar-refractivity contribution in [3.8, 4) is 16.9 Å². The van der Waals surface area contributed by atoms with Gasteiger partial charge in [0.15, 0.2) is 6.61 Å². The van der Waals surface area contributed by atoms with Crippen molar-refractivity contribution < 1.29 is 37.4 Å². The van der Waals surface area contributed by atoms with Gasteiger partial charge < -0.3 is 29.3 Å². The second-order valence-corrected chi connectivity index (χ2v) is 14.7. The molecule has 2 aromatic carbocycles. The standard InChI is InChI=1S/C38H47F2N7O7/c1-22(2)32(43-37(51)54-38(5,6)7)34(50)52-21-31(48)46-14-13-45(19-24(46)4)36-41-17-27(18-42-36)25-10-11-28-29(16-25)47(44(8)33(28)49)20-26-15-23(3)9-12-30(26)53-35(39)40/h9-12,15-18,22,24,32,35H,13-14,19-21H2,1-8H3,(H,43,51). The van der Waals surface area contributed by atoms with Crippen LogP contribution < -0.4 is 20.5 Å². The first-order valence-corrected chi connectivity index (χ1v) is 17.7. The van der Waals surface area contributed by atoms with E-state index < -0.39 is 36.9 Å². The molecule has 54 heavy (non-hydrogen) atoms. The van der Waals surface area contributed by atoms with Gasteiger partial charge in [-0.1, -0.05) is 37.6 Å². The van der Waals surface area contributed by atoms with E-state index in [1.807, 2.05) is 24.8 Å². The molecule has 2 atom stereocenters. The van der Waals surface area contributed by atoms with Crippen molar-refractivity contribution in [1.82, 2.24) is 29.5 Å². The average molecular weight is 752 g/mol. The highest BCUT2D eigenvalue weighted by Gasteiger charge is 2.32. The Kier molecular flexibility index (Phi) is 11.9. The second kappa shape index (κ2) is 16.2. The Labute approximate surface area is 312 Å². The van der Waals surface area contributed by atoms with Crippen molar-refractivity contribution in [1.29, 1.82) is 0 Å². The Morgan fingerprint density at radius 2 is 1.72 bits per heavy atom. The summed E-state index contributed by atoms with van der Waals surface area (Å²) < 4.78 is 44.8. The second-order valence-electron chi connectivity index (χ2n) is 14.7. The summed E-state index contributed by atoms with van der Waals surface area (Å²) in [4.78, 5) is 64.1. The van der Waals surface area contributed by atoms with Crippen molar-refractivity contribution >= 4 is 34.8 Å². The number of fused-ring (bicyclic) bond motifs is 1. The fourth-order valence-corrected chi connectivity index (χ4v) is 6.33. The summed E-state index contributed by atoms with van der Waals surface area (Å²) >= 11 is 0. The monoisotopic (exact) mass is 751 g/mol. The summed E-state index contributed by atoms with van der Waals surface area (Å²) in [5.74, 6) is -0.870. The molecule has 3 heterocycles. The highest BCUT2D eigenvalue weighted by Crippen LogP contribution is 2.28. The third-order valence-corrected chi connectivity index (χ3v) is 9.05. The SMILES string of the molecule is Cc1ccc(OC(F)F)c(Cn2c3cc(-c4cnc(N5CCN(C(=O)COC(=O)C(NC(=O)OC(C)(C)C)C(C)C)C(C)C5)nc4)ccc3c(=O)n2C)c1. The van der Waals surface area contributed by atoms with Gasteiger partial charge in [0, 0.05) is 56.2 Å². The van der Waals surface area contributed by atoms with Gasteiger partial charge in [-0.3, -0.25) is 19.0 Å². The zero-order valence-electron chi connectivity index (χ0n) is 31.8. The molecule has 0 radical (unpaired) electrons. The van der Waals surface area contributed by atoms with Crippen LogP contribution in [0.1, 0.15) is 52.7 Å². The zero-order valence-corrected chi connectivity index (χ0v) is 31.8. The molecular formula is C38H47F2N7O7. The molecule has 0 saturated carbocycles. The Morgan fingerprint density at radius 1 is 1.02 bits per heavy atom. The van der Waals surface area contributed by atoms with E-state index in [1.165, 1.54) is 10.7 Å². The Bertz CT molecular complexity index is 2060. The number of hydrogen-bond donors (Lipinski definition) is 1. The maximum Gasteiger partial charge on any atom is 0.408 e. The Morgan fingerprint density at radius 3 is 2.35 bits per heavy atom. The van der Waals surface area contributed by atoms with Crippen LogP contribution in [0.25, 0.3) is 22.0 Å². The predicted molar refractivity (Wildman–Crippen MR) is 197 cm³/mol. The number of aromatic nitrogens is 4. The lowest BCUT2D eigenvalue weighted by atomic mass is 10.1. The molecule has 1 aliphatic rings. The molecular weight excluding hydrogens is 704 g/mol. The highest BCUT2D eigenvalue weighted by molar-refractivity contribution is 5.86. The number of anilines is 1. The predicted octanol–water partition coefficient (Wildman–Crippen LogP) is 4.88. The van der Waals surface area contributed by atoms with Gasteiger partial charge in [-0.15, -0.1) is 0 Å². The first kappa shape index (κ1) is 39.7. The number of carbonyl (C=O) groups is 3. The molecule has 14 nitrogen and oxygen atoms in total. The maximum absolute atomic E-state index is 13.1. The van der Waals surface area contributed by atoms with E-state index in [0.717, 1.165) is 11.1 Å². The number of aryl methyl sites for hydroxylation is 1. The molecule has 4 aromatic rings. The number of rotatable bonds is 11. The average Bonchev–Trinajstić information content (AvgIpc) is 3.33. The number of amides is 2. The van der Waals surface area contributed by atoms with Crippen LogP contribution in [0.2, 0.25) is 0 Å². The Balaban J connectivity index is 1.23. The van der Waals surface area contributed by atoms with Gasteiger partial charge in [0.1, 0.15) is 17.4 Å². The van der Waals surface area contributed by atoms with Crippen LogP contribution in [0, 0.1) is 12.8 Å². The van der Waals surface area contributed by atoms with E-state index in [0.29, 0.717) is 47.6 Å². The third kappa shape index (κ3) is 9.33. The quantitative estimate of drug-likeness (QED) is 0.210. The molecule has 2 aromatic heterocycles. The van der Waals surface area contributed by atoms with Crippen LogP contribution in [-0.4, -0.2) is 92.7 Å². The van der Waals surface area contributed by atoms with Crippen LogP contribution in [0.5, 0.6) is 5.75 Å². The Hall–Kier alpha value is -5.54. The first-order valence-electron chi connectivity index (χ1n) is 17.7. The molecule has 0 spiro atoms. The minimum Gasteiger partial charge on any atom is -0.454 e. The van der Waals surface area contributed by atoms with Crippen molar-refractivity contribution in [2.24, 2.45) is 13.0 Å². The number of carbonyl (C=O) groups excluding carboxylic acids is 3. The van der Waals surface area contributed by atoms with E-state index in [9.17, 15) is 28.0 Å². The molecule has 1 N–H and O–H groups in total. The van der Waals surface area contributed by atoms with Crippen LogP contribution >= 0.6 is 0 Å². The molecule has 16 heteroatoms. The molecule has 1 saturated heterocycles. The summed E-state index contributed by atoms with van der Waals surface area (Å²) in [6.07, 6.45) is 2.62. The van der Waals surface area contributed by atoms with Gasteiger partial charge in [0.05, 0.1) is 17.4 Å². The number of ether oxygens (including phenoxy) is 3. The number of halogens is 2. The molecule has 0 aliphatic carbocycles. The fraction of sp³-hybridized carbons (Fsp3) is 0.474. The number of esters is 1. The van der Waals surface area contributed by atoms with Gasteiger partial charge in [0.25, 0.3) is 11.5 Å². The maximum atomic E-state index is 13.1. The summed E-state index contributed by atoms with van der Waals surface area (Å²) in [7, 11) is 1.62. The smallest absolute Gasteiger partial charge is 0.408 e. The third-order valence-electron chi connectivity index (χ3n) is 9.05. The number of hydrogen-bond acceptors (Lipinski definition) is 10. The van der Waals surface area contributed by atoms with E-state index >= 15 is 0 Å². The topological polar surface area (TPSA) is 150 Å². The molecule has 1 fully saturated rings. The summed E-state index contributed by atoms with van der Waals surface area (Å²) in [6, 6.07) is 9.09. The van der Waals surface area contributed by atoms with Crippen LogP contribution in [-0.2, 0) is 32.7 Å². The zero-order chi connectivity index (χ0) is 39.5. The summed E-state index contributed by atoms with van der Waals surface area (Å²) in [5, 5.41) is 3.00. The summed E-state index contributed by atoms with van der Waals surface area (Å²) in [5.41, 5.74) is 2.45. The molecule has 290 valence electrons. The first-order chi connectivity index (χ1) is 25.4. The van der Waals surface area contributed by atoms with E-state index in [4.69, 9.17) is 14.2 Å². The van der Waals surface area contributed by atoms with Crippen molar-refractivity contribution in [3.05, 3.63) is 70.3 Å². The summed E-state index contributed by atoms with van der Waals surface area (Å²) in [6.45, 7) is 10.3. The van der Waals surface area contributed by atoms with Gasteiger partial charge in [0.2, 0.25) is 5.95 Å². The minimum absolute atomic E-state index is 0.0393. The number of piperazine rings is 1. The number of alkyl carbamates (subject to hydrolysis) is 1. The number of benzene rings is 2. The lowest BCUT2D eigenvalue weighted by Gasteiger charge is -2.39. The largest absolute Gasteiger partial charge is 0.454 e. The van der Waals surface area contributed by atoms with E-state index in [2.05, 4.69) is 15.3 Å². The van der Waals surface area contributed by atoms with Crippen LogP contribution in [0.15, 0.2) is 53.6 Å². The van der Waals surface area contributed by atoms with Crippen molar-refractivity contribution in [3.63, 3.8) is 0 Å². The highest BCUT2D eigenvalue weighted by atomic mass is 19.3.